The van der Waals surface area contributed by atoms with E-state index in [0.29, 0.717) is 23.1 Å². The van der Waals surface area contributed by atoms with Crippen molar-refractivity contribution in [2.45, 2.75) is 6.92 Å². The van der Waals surface area contributed by atoms with Crippen LogP contribution in [0.4, 0.5) is 5.69 Å². The lowest BCUT2D eigenvalue weighted by atomic mass is 10.3. The fourth-order valence-corrected chi connectivity index (χ4v) is 1.32. The molecule has 0 atom stereocenters. The number of aryl methyl sites for hydroxylation is 1. The van der Waals surface area contributed by atoms with E-state index in [1.54, 1.807) is 25.3 Å². The second-order valence-electron chi connectivity index (χ2n) is 3.40. The van der Waals surface area contributed by atoms with Crippen LogP contribution in [-0.2, 0) is 0 Å². The molecule has 0 aliphatic heterocycles. The van der Waals surface area contributed by atoms with Crippen LogP contribution in [0.15, 0.2) is 24.3 Å². The SMILES string of the molecule is COc1cc(Oc2cc(C)[nH]n2)ccc1N. The van der Waals surface area contributed by atoms with E-state index in [2.05, 4.69) is 10.2 Å². The van der Waals surface area contributed by atoms with E-state index in [1.165, 1.54) is 0 Å². The molecule has 0 unspecified atom stereocenters. The van der Waals surface area contributed by atoms with Crippen molar-refractivity contribution in [2.75, 3.05) is 12.8 Å². The average molecular weight is 219 g/mol. The third kappa shape index (κ3) is 2.08. The molecular formula is C11H13N3O2. The minimum atomic E-state index is 0.518. The molecule has 0 saturated carbocycles. The van der Waals surface area contributed by atoms with Crippen molar-refractivity contribution in [1.82, 2.24) is 10.2 Å². The number of hydrogen-bond acceptors (Lipinski definition) is 4. The number of ether oxygens (including phenoxy) is 2. The van der Waals surface area contributed by atoms with Crippen LogP contribution in [0, 0.1) is 6.92 Å². The minimum Gasteiger partial charge on any atom is -0.494 e. The molecule has 84 valence electrons. The van der Waals surface area contributed by atoms with Crippen molar-refractivity contribution < 1.29 is 9.47 Å². The number of nitrogens with one attached hydrogen (secondary N) is 1. The summed E-state index contributed by atoms with van der Waals surface area (Å²) in [7, 11) is 1.56. The molecule has 1 aromatic heterocycles. The Morgan fingerprint density at radius 3 is 2.75 bits per heavy atom. The maximum atomic E-state index is 5.70. The van der Waals surface area contributed by atoms with Gasteiger partial charge in [-0.1, -0.05) is 0 Å². The average Bonchev–Trinajstić information content (AvgIpc) is 2.67. The summed E-state index contributed by atoms with van der Waals surface area (Å²) in [5, 5.41) is 6.77. The van der Waals surface area contributed by atoms with Crippen LogP contribution in [0.5, 0.6) is 17.4 Å². The normalized spacial score (nSPS) is 10.1. The summed E-state index contributed by atoms with van der Waals surface area (Å²) in [5.74, 6) is 1.74. The number of benzene rings is 1. The van der Waals surface area contributed by atoms with Crippen molar-refractivity contribution in [3.05, 3.63) is 30.0 Å². The molecule has 0 aliphatic rings. The molecule has 0 bridgehead atoms. The van der Waals surface area contributed by atoms with Gasteiger partial charge in [-0.15, -0.1) is 5.10 Å². The summed E-state index contributed by atoms with van der Waals surface area (Å²) in [6.07, 6.45) is 0. The first-order valence-electron chi connectivity index (χ1n) is 4.82. The number of H-pyrrole nitrogens is 1. The van der Waals surface area contributed by atoms with Crippen molar-refractivity contribution in [3.8, 4) is 17.4 Å². The topological polar surface area (TPSA) is 73.2 Å². The Hall–Kier alpha value is -2.17. The number of aromatic amines is 1. The van der Waals surface area contributed by atoms with Gasteiger partial charge in [-0.3, -0.25) is 5.10 Å². The van der Waals surface area contributed by atoms with Gasteiger partial charge in [-0.25, -0.2) is 0 Å². The van der Waals surface area contributed by atoms with Crippen LogP contribution in [0.2, 0.25) is 0 Å². The van der Waals surface area contributed by atoms with Gasteiger partial charge in [0.25, 0.3) is 0 Å². The Morgan fingerprint density at radius 1 is 1.31 bits per heavy atom. The number of anilines is 1. The standard InChI is InChI=1S/C11H13N3O2/c1-7-5-11(14-13-7)16-8-3-4-9(12)10(6-8)15-2/h3-6H,12H2,1-2H3,(H,13,14). The summed E-state index contributed by atoms with van der Waals surface area (Å²) in [4.78, 5) is 0. The highest BCUT2D eigenvalue weighted by molar-refractivity contribution is 5.55. The number of nitrogens with zero attached hydrogens (tertiary/aromatic N) is 1. The smallest absolute Gasteiger partial charge is 0.238 e. The Bertz CT molecular complexity index is 494. The van der Waals surface area contributed by atoms with E-state index in [1.807, 2.05) is 13.0 Å². The zero-order chi connectivity index (χ0) is 11.5. The van der Waals surface area contributed by atoms with Gasteiger partial charge in [0.1, 0.15) is 11.5 Å². The number of rotatable bonds is 3. The Labute approximate surface area is 93.2 Å². The van der Waals surface area contributed by atoms with Crippen molar-refractivity contribution in [1.29, 1.82) is 0 Å². The minimum absolute atomic E-state index is 0.518. The highest BCUT2D eigenvalue weighted by Crippen LogP contribution is 2.29. The second kappa shape index (κ2) is 4.14. The largest absolute Gasteiger partial charge is 0.494 e. The lowest BCUT2D eigenvalue weighted by Crippen LogP contribution is -1.93. The number of nitrogen functional groups attached to an aromatic ring is 1. The first-order valence-corrected chi connectivity index (χ1v) is 4.82. The molecule has 16 heavy (non-hydrogen) atoms. The summed E-state index contributed by atoms with van der Waals surface area (Å²) in [5.41, 5.74) is 7.21. The number of hydrogen-bond donors (Lipinski definition) is 2. The van der Waals surface area contributed by atoms with E-state index in [4.69, 9.17) is 15.2 Å². The molecule has 0 radical (unpaired) electrons. The van der Waals surface area contributed by atoms with Crippen LogP contribution >= 0.6 is 0 Å². The first kappa shape index (κ1) is 10.4. The molecular weight excluding hydrogens is 206 g/mol. The maximum Gasteiger partial charge on any atom is 0.238 e. The molecule has 2 aromatic rings. The maximum absolute atomic E-state index is 5.70. The Balaban J connectivity index is 2.21. The Morgan fingerprint density at radius 2 is 2.12 bits per heavy atom. The highest BCUT2D eigenvalue weighted by atomic mass is 16.5. The van der Waals surface area contributed by atoms with Gasteiger partial charge in [0.15, 0.2) is 0 Å². The van der Waals surface area contributed by atoms with Crippen LogP contribution in [-0.4, -0.2) is 17.3 Å². The third-order valence-corrected chi connectivity index (χ3v) is 2.11. The van der Waals surface area contributed by atoms with E-state index < -0.39 is 0 Å². The predicted molar refractivity (Wildman–Crippen MR) is 60.8 cm³/mol. The fraction of sp³-hybridized carbons (Fsp3) is 0.182. The first-order chi connectivity index (χ1) is 7.69. The number of aromatic nitrogens is 2. The number of methoxy groups -OCH3 is 1. The highest BCUT2D eigenvalue weighted by Gasteiger charge is 2.04. The van der Waals surface area contributed by atoms with Gasteiger partial charge >= 0.3 is 0 Å². The van der Waals surface area contributed by atoms with Crippen molar-refractivity contribution >= 4 is 5.69 Å². The summed E-state index contributed by atoms with van der Waals surface area (Å²) >= 11 is 0. The van der Waals surface area contributed by atoms with Gasteiger partial charge in [0, 0.05) is 17.8 Å². The lowest BCUT2D eigenvalue weighted by Gasteiger charge is -2.06. The van der Waals surface area contributed by atoms with Crippen LogP contribution in [0.1, 0.15) is 5.69 Å². The molecule has 5 nitrogen and oxygen atoms in total. The quantitative estimate of drug-likeness (QED) is 0.775. The van der Waals surface area contributed by atoms with Crippen LogP contribution in [0.3, 0.4) is 0 Å². The monoisotopic (exact) mass is 219 g/mol. The van der Waals surface area contributed by atoms with Gasteiger partial charge in [0.2, 0.25) is 5.88 Å². The zero-order valence-corrected chi connectivity index (χ0v) is 9.15. The van der Waals surface area contributed by atoms with Crippen LogP contribution < -0.4 is 15.2 Å². The fourth-order valence-electron chi connectivity index (χ4n) is 1.32. The second-order valence-corrected chi connectivity index (χ2v) is 3.40. The predicted octanol–water partition coefficient (Wildman–Crippen LogP) is 2.10. The van der Waals surface area contributed by atoms with E-state index >= 15 is 0 Å². The van der Waals surface area contributed by atoms with Gasteiger partial charge in [0.05, 0.1) is 12.8 Å². The van der Waals surface area contributed by atoms with Crippen LogP contribution in [0.25, 0.3) is 0 Å². The molecule has 2 rings (SSSR count). The molecule has 0 aliphatic carbocycles. The molecule has 1 aromatic carbocycles. The lowest BCUT2D eigenvalue weighted by molar-refractivity contribution is 0.409. The zero-order valence-electron chi connectivity index (χ0n) is 9.15. The van der Waals surface area contributed by atoms with E-state index in [0.717, 1.165) is 5.69 Å². The Kier molecular flexibility index (Phi) is 2.68. The molecule has 0 fully saturated rings. The van der Waals surface area contributed by atoms with Gasteiger partial charge in [-0.05, 0) is 19.1 Å². The van der Waals surface area contributed by atoms with Crippen molar-refractivity contribution in [2.24, 2.45) is 0 Å². The van der Waals surface area contributed by atoms with Gasteiger partial charge in [-0.2, -0.15) is 0 Å². The molecule has 1 heterocycles. The third-order valence-electron chi connectivity index (χ3n) is 2.11. The summed E-state index contributed by atoms with van der Waals surface area (Å²) < 4.78 is 10.6. The molecule has 0 saturated heterocycles. The molecule has 0 spiro atoms. The molecule has 5 heteroatoms. The number of nitrogens with two attached hydrogens (primary N) is 1. The van der Waals surface area contributed by atoms with E-state index in [-0.39, 0.29) is 0 Å². The molecule has 3 N–H and O–H groups in total. The summed E-state index contributed by atoms with van der Waals surface area (Å²) in [6.45, 7) is 1.91. The van der Waals surface area contributed by atoms with E-state index in [9.17, 15) is 0 Å². The summed E-state index contributed by atoms with van der Waals surface area (Å²) in [6, 6.07) is 7.03. The van der Waals surface area contributed by atoms with Crippen molar-refractivity contribution in [3.63, 3.8) is 0 Å². The molecule has 0 amide bonds. The van der Waals surface area contributed by atoms with Gasteiger partial charge < -0.3 is 15.2 Å².